The Morgan fingerprint density at radius 2 is 1.00 bits per heavy atom. The third kappa shape index (κ3) is 5.98. The predicted molar refractivity (Wildman–Crippen MR) is 134 cm³/mol. The molecule has 0 aromatic heterocycles. The van der Waals surface area contributed by atoms with Gasteiger partial charge in [0.05, 0.1) is 17.9 Å². The number of nitrogens with two attached hydrogens (primary N) is 2. The van der Waals surface area contributed by atoms with Gasteiger partial charge in [-0.15, -0.1) is 0 Å². The fourth-order valence-electron chi connectivity index (χ4n) is 2.70. The van der Waals surface area contributed by atoms with Gasteiger partial charge in [0.1, 0.15) is 24.0 Å². The van der Waals surface area contributed by atoms with Crippen LogP contribution in [0.5, 0.6) is 11.5 Å². The lowest BCUT2D eigenvalue weighted by atomic mass is 9.78. The Morgan fingerprint density at radius 3 is 1.24 bits per heavy atom. The molecule has 2 aromatic carbocycles. The maximum atomic E-state index is 5.95. The molecule has 0 radical (unpaired) electrons. The number of hydrogen-bond acceptors (Lipinski definition) is 4. The minimum atomic E-state index is -0.351. The molecule has 2 atom stereocenters. The summed E-state index contributed by atoms with van der Waals surface area (Å²) in [6.07, 6.45) is 0.750. The van der Waals surface area contributed by atoms with E-state index in [9.17, 15) is 0 Å². The molecule has 160 valence electrons. The summed E-state index contributed by atoms with van der Waals surface area (Å²) < 4.78 is 15.1. The van der Waals surface area contributed by atoms with Crippen molar-refractivity contribution in [1.82, 2.24) is 0 Å². The monoisotopic (exact) mass is 654 g/mol. The molecule has 0 heterocycles. The van der Waals surface area contributed by atoms with Crippen LogP contribution in [0.3, 0.4) is 0 Å². The molecular weight excluding hydrogens is 632 g/mol. The first kappa shape index (κ1) is 25.1. The average Bonchev–Trinajstić information content (AvgIpc) is 2.66. The minimum Gasteiger partial charge on any atom is -0.473 e. The second-order valence-electron chi connectivity index (χ2n) is 7.29. The first-order valence-electron chi connectivity index (χ1n) is 9.34. The van der Waals surface area contributed by atoms with Crippen molar-refractivity contribution in [3.05, 3.63) is 53.3 Å². The lowest BCUT2D eigenvalue weighted by Gasteiger charge is -2.29. The van der Waals surface area contributed by atoms with Crippen LogP contribution in [0.2, 0.25) is 0 Å². The van der Waals surface area contributed by atoms with E-state index in [1.54, 1.807) is 0 Å². The standard InChI is InChI=1S/C21H26Br4N2O2/c1-5-17(26)28-19-13(22)7-11(8-14(19)23)21(3,4)12-9-15(24)20(16(25)10-12)29-18(27)6-2/h7-10,17-18H,5-6,26-27H2,1-4H3. The average molecular weight is 658 g/mol. The van der Waals surface area contributed by atoms with Crippen molar-refractivity contribution in [2.24, 2.45) is 11.5 Å². The van der Waals surface area contributed by atoms with E-state index in [0.717, 1.165) is 41.9 Å². The van der Waals surface area contributed by atoms with Crippen molar-refractivity contribution in [1.29, 1.82) is 0 Å². The molecule has 8 heteroatoms. The van der Waals surface area contributed by atoms with Gasteiger partial charge in [0, 0.05) is 5.41 Å². The maximum absolute atomic E-state index is 5.95. The molecular formula is C21H26Br4N2O2. The minimum absolute atomic E-state index is 0.285. The molecule has 0 fully saturated rings. The third-order valence-corrected chi connectivity index (χ3v) is 7.14. The van der Waals surface area contributed by atoms with Gasteiger partial charge in [0.2, 0.25) is 0 Å². The summed E-state index contributed by atoms with van der Waals surface area (Å²) in [5.74, 6) is 1.41. The van der Waals surface area contributed by atoms with Crippen LogP contribution in [0.15, 0.2) is 42.2 Å². The Labute approximate surface area is 206 Å². The second-order valence-corrected chi connectivity index (χ2v) is 10.7. The molecule has 4 nitrogen and oxygen atoms in total. The normalized spacial score (nSPS) is 13.9. The summed E-state index contributed by atoms with van der Waals surface area (Å²) in [7, 11) is 0. The van der Waals surface area contributed by atoms with Crippen LogP contribution >= 0.6 is 63.7 Å². The second kappa shape index (κ2) is 10.5. The van der Waals surface area contributed by atoms with Gasteiger partial charge in [-0.2, -0.15) is 0 Å². The Kier molecular flexibility index (Phi) is 9.07. The summed E-state index contributed by atoms with van der Waals surface area (Å²) >= 11 is 14.5. The van der Waals surface area contributed by atoms with Crippen LogP contribution in [0.4, 0.5) is 0 Å². The van der Waals surface area contributed by atoms with E-state index in [2.05, 4.69) is 102 Å². The SMILES string of the molecule is CCC(N)Oc1c(Br)cc(C(C)(C)c2cc(Br)c(OC(N)CC)c(Br)c2)cc1Br. The van der Waals surface area contributed by atoms with Gasteiger partial charge in [0.25, 0.3) is 0 Å². The lowest BCUT2D eigenvalue weighted by Crippen LogP contribution is -2.27. The van der Waals surface area contributed by atoms with Crippen LogP contribution in [0.1, 0.15) is 51.7 Å². The Hall–Kier alpha value is -0.120. The molecule has 0 bridgehead atoms. The van der Waals surface area contributed by atoms with Gasteiger partial charge in [-0.05, 0) is 112 Å². The summed E-state index contributed by atoms with van der Waals surface area (Å²) in [4.78, 5) is 0. The highest BCUT2D eigenvalue weighted by Crippen LogP contribution is 2.44. The molecule has 2 unspecified atom stereocenters. The maximum Gasteiger partial charge on any atom is 0.150 e. The number of ether oxygens (including phenoxy) is 2. The van der Waals surface area contributed by atoms with Crippen LogP contribution in [-0.2, 0) is 5.41 Å². The first-order valence-corrected chi connectivity index (χ1v) is 12.5. The molecule has 0 saturated carbocycles. The molecule has 0 amide bonds. The zero-order valence-corrected chi connectivity index (χ0v) is 23.2. The first-order chi connectivity index (χ1) is 13.5. The van der Waals surface area contributed by atoms with Crippen molar-refractivity contribution in [2.45, 2.75) is 58.4 Å². The molecule has 0 spiro atoms. The molecule has 4 N–H and O–H groups in total. The highest BCUT2D eigenvalue weighted by atomic mass is 79.9. The molecule has 29 heavy (non-hydrogen) atoms. The van der Waals surface area contributed by atoms with E-state index in [0.29, 0.717) is 11.5 Å². The van der Waals surface area contributed by atoms with Crippen molar-refractivity contribution >= 4 is 63.7 Å². The van der Waals surface area contributed by atoms with Gasteiger partial charge in [-0.1, -0.05) is 27.7 Å². The summed E-state index contributed by atoms with van der Waals surface area (Å²) in [5.41, 5.74) is 13.9. The quantitative estimate of drug-likeness (QED) is 0.295. The predicted octanol–water partition coefficient (Wildman–Crippen LogP) is 7.21. The molecule has 2 aromatic rings. The van der Waals surface area contributed by atoms with Crippen molar-refractivity contribution in [2.75, 3.05) is 0 Å². The fraction of sp³-hybridized carbons (Fsp3) is 0.429. The summed E-state index contributed by atoms with van der Waals surface area (Å²) in [6, 6.07) is 8.28. The fourth-order valence-corrected chi connectivity index (χ4v) is 5.45. The molecule has 2 rings (SSSR count). The van der Waals surface area contributed by atoms with Gasteiger partial charge >= 0.3 is 0 Å². The summed E-state index contributed by atoms with van der Waals surface area (Å²) in [6.45, 7) is 8.32. The number of benzene rings is 2. The van der Waals surface area contributed by atoms with Crippen LogP contribution in [-0.4, -0.2) is 12.5 Å². The van der Waals surface area contributed by atoms with Gasteiger partial charge in [0.15, 0.2) is 0 Å². The van der Waals surface area contributed by atoms with E-state index in [1.165, 1.54) is 0 Å². The van der Waals surface area contributed by atoms with Gasteiger partial charge < -0.3 is 9.47 Å². The molecule has 0 aliphatic heterocycles. The smallest absolute Gasteiger partial charge is 0.150 e. The largest absolute Gasteiger partial charge is 0.473 e. The van der Waals surface area contributed by atoms with E-state index in [1.807, 2.05) is 13.8 Å². The van der Waals surface area contributed by atoms with Crippen LogP contribution < -0.4 is 20.9 Å². The molecule has 0 aliphatic carbocycles. The Bertz CT molecular complexity index is 758. The molecule has 0 saturated heterocycles. The van der Waals surface area contributed by atoms with Crippen molar-refractivity contribution in [3.8, 4) is 11.5 Å². The van der Waals surface area contributed by atoms with Crippen molar-refractivity contribution in [3.63, 3.8) is 0 Å². The number of rotatable bonds is 8. The third-order valence-electron chi connectivity index (χ3n) is 4.78. The zero-order chi connectivity index (χ0) is 21.9. The summed E-state index contributed by atoms with van der Waals surface area (Å²) in [5, 5.41) is 0. The van der Waals surface area contributed by atoms with Gasteiger partial charge in [-0.25, -0.2) is 0 Å². The van der Waals surface area contributed by atoms with E-state index >= 15 is 0 Å². The topological polar surface area (TPSA) is 70.5 Å². The zero-order valence-electron chi connectivity index (χ0n) is 16.9. The molecule has 0 aliphatic rings. The van der Waals surface area contributed by atoms with Crippen LogP contribution in [0, 0.1) is 0 Å². The van der Waals surface area contributed by atoms with Crippen molar-refractivity contribution < 1.29 is 9.47 Å². The van der Waals surface area contributed by atoms with E-state index < -0.39 is 0 Å². The Balaban J connectivity index is 2.45. The Morgan fingerprint density at radius 1 is 0.724 bits per heavy atom. The van der Waals surface area contributed by atoms with E-state index in [-0.39, 0.29) is 17.9 Å². The highest BCUT2D eigenvalue weighted by Gasteiger charge is 2.28. The van der Waals surface area contributed by atoms with E-state index in [4.69, 9.17) is 20.9 Å². The van der Waals surface area contributed by atoms with Crippen LogP contribution in [0.25, 0.3) is 0 Å². The number of hydrogen-bond donors (Lipinski definition) is 2. The van der Waals surface area contributed by atoms with Gasteiger partial charge in [-0.3, -0.25) is 11.5 Å². The highest BCUT2D eigenvalue weighted by molar-refractivity contribution is 9.11. The lowest BCUT2D eigenvalue weighted by molar-refractivity contribution is 0.202. The number of halogens is 4.